The lowest BCUT2D eigenvalue weighted by molar-refractivity contribution is 0.644. The van der Waals surface area contributed by atoms with Gasteiger partial charge < -0.3 is 9.80 Å². The molecule has 0 atom stereocenters. The number of aromatic nitrogens is 2. The van der Waals surface area contributed by atoms with Crippen molar-refractivity contribution in [2.45, 2.75) is 6.92 Å². The van der Waals surface area contributed by atoms with Gasteiger partial charge in [-0.05, 0) is 42.7 Å². The molecular formula is C17H18N4S. The van der Waals surface area contributed by atoms with E-state index in [1.807, 2.05) is 13.0 Å². The first-order chi connectivity index (χ1) is 10.8. The van der Waals surface area contributed by atoms with Crippen LogP contribution in [0.5, 0.6) is 0 Å². The molecule has 0 radical (unpaired) electrons. The van der Waals surface area contributed by atoms with E-state index in [2.05, 4.69) is 55.6 Å². The van der Waals surface area contributed by atoms with E-state index in [4.69, 9.17) is 0 Å². The number of hydrogen-bond acceptors (Lipinski definition) is 5. The number of piperazine rings is 1. The Hall–Kier alpha value is -2.14. The highest BCUT2D eigenvalue weighted by Gasteiger charge is 2.21. The normalized spacial score (nSPS) is 15.5. The van der Waals surface area contributed by atoms with Gasteiger partial charge in [-0.2, -0.15) is 4.37 Å². The summed E-state index contributed by atoms with van der Waals surface area (Å²) in [4.78, 5) is 9.38. The third kappa shape index (κ3) is 2.41. The number of nitrogens with zero attached hydrogens (tertiary/aromatic N) is 4. The van der Waals surface area contributed by atoms with E-state index in [0.717, 1.165) is 43.5 Å². The van der Waals surface area contributed by atoms with Crippen molar-refractivity contribution in [1.29, 1.82) is 0 Å². The second-order valence-corrected chi connectivity index (χ2v) is 6.42. The predicted molar refractivity (Wildman–Crippen MR) is 93.0 cm³/mol. The van der Waals surface area contributed by atoms with Crippen LogP contribution in [0.15, 0.2) is 42.5 Å². The van der Waals surface area contributed by atoms with E-state index >= 15 is 0 Å². The molecule has 0 saturated carbocycles. The summed E-state index contributed by atoms with van der Waals surface area (Å²) in [6.45, 7) is 6.00. The standard InChI is InChI=1S/C17H18N4S/c1-13-5-4-8-16(18-13)20-9-11-21(12-10-20)17-14-6-2-3-7-15(14)22-19-17/h2-8H,9-12H2,1H3. The first kappa shape index (κ1) is 13.5. The molecule has 1 aliphatic rings. The number of pyridine rings is 1. The minimum Gasteiger partial charge on any atom is -0.353 e. The van der Waals surface area contributed by atoms with Crippen LogP contribution >= 0.6 is 11.5 Å². The van der Waals surface area contributed by atoms with Crippen LogP contribution < -0.4 is 9.80 Å². The van der Waals surface area contributed by atoms with Crippen LogP contribution in [0.4, 0.5) is 11.6 Å². The van der Waals surface area contributed by atoms with Crippen LogP contribution in [0.2, 0.25) is 0 Å². The second kappa shape index (κ2) is 5.57. The van der Waals surface area contributed by atoms with Gasteiger partial charge >= 0.3 is 0 Å². The number of benzene rings is 1. The highest BCUT2D eigenvalue weighted by molar-refractivity contribution is 7.13. The first-order valence-corrected chi connectivity index (χ1v) is 8.36. The smallest absolute Gasteiger partial charge is 0.150 e. The van der Waals surface area contributed by atoms with Crippen molar-refractivity contribution < 1.29 is 0 Å². The van der Waals surface area contributed by atoms with Gasteiger partial charge in [-0.25, -0.2) is 4.98 Å². The van der Waals surface area contributed by atoms with Gasteiger partial charge in [0.15, 0.2) is 0 Å². The molecule has 0 bridgehead atoms. The van der Waals surface area contributed by atoms with Gasteiger partial charge in [0.1, 0.15) is 11.6 Å². The van der Waals surface area contributed by atoms with Crippen molar-refractivity contribution in [2.75, 3.05) is 36.0 Å². The summed E-state index contributed by atoms with van der Waals surface area (Å²) in [5, 5.41) is 1.27. The summed E-state index contributed by atoms with van der Waals surface area (Å²) in [7, 11) is 0. The third-order valence-electron chi connectivity index (χ3n) is 4.14. The molecule has 1 saturated heterocycles. The van der Waals surface area contributed by atoms with E-state index in [9.17, 15) is 0 Å². The Kier molecular flexibility index (Phi) is 3.42. The molecule has 3 heterocycles. The number of hydrogen-bond donors (Lipinski definition) is 0. The van der Waals surface area contributed by atoms with E-state index in [0.29, 0.717) is 0 Å². The average Bonchev–Trinajstić information content (AvgIpc) is 2.99. The van der Waals surface area contributed by atoms with Crippen LogP contribution in [0.1, 0.15) is 5.69 Å². The Labute approximate surface area is 134 Å². The SMILES string of the molecule is Cc1cccc(N2CCN(c3nsc4ccccc34)CC2)n1. The molecule has 1 aliphatic heterocycles. The maximum absolute atomic E-state index is 4.66. The Morgan fingerprint density at radius 2 is 1.68 bits per heavy atom. The molecule has 5 heteroatoms. The molecule has 0 aliphatic carbocycles. The van der Waals surface area contributed by atoms with Gasteiger partial charge in [-0.3, -0.25) is 0 Å². The molecule has 3 aromatic rings. The lowest BCUT2D eigenvalue weighted by Gasteiger charge is -2.35. The molecule has 22 heavy (non-hydrogen) atoms. The van der Waals surface area contributed by atoms with Crippen LogP contribution in [-0.4, -0.2) is 35.5 Å². The molecule has 0 unspecified atom stereocenters. The third-order valence-corrected chi connectivity index (χ3v) is 4.95. The fourth-order valence-electron chi connectivity index (χ4n) is 2.95. The van der Waals surface area contributed by atoms with E-state index in [1.54, 1.807) is 11.5 Å². The highest BCUT2D eigenvalue weighted by atomic mass is 32.1. The second-order valence-electron chi connectivity index (χ2n) is 5.61. The van der Waals surface area contributed by atoms with Gasteiger partial charge in [-0.1, -0.05) is 18.2 Å². The first-order valence-electron chi connectivity index (χ1n) is 7.59. The molecule has 1 fully saturated rings. The molecule has 112 valence electrons. The number of rotatable bonds is 2. The fourth-order valence-corrected chi connectivity index (χ4v) is 3.75. The van der Waals surface area contributed by atoms with Crippen molar-refractivity contribution in [1.82, 2.24) is 9.36 Å². The fraction of sp³-hybridized carbons (Fsp3) is 0.294. The quantitative estimate of drug-likeness (QED) is 0.727. The lowest BCUT2D eigenvalue weighted by atomic mass is 10.2. The molecular weight excluding hydrogens is 292 g/mol. The molecule has 0 N–H and O–H groups in total. The summed E-state index contributed by atoms with van der Waals surface area (Å²) in [6, 6.07) is 14.7. The van der Waals surface area contributed by atoms with Crippen molar-refractivity contribution in [3.63, 3.8) is 0 Å². The van der Waals surface area contributed by atoms with Crippen LogP contribution in [-0.2, 0) is 0 Å². The summed E-state index contributed by atoms with van der Waals surface area (Å²) in [5.74, 6) is 2.22. The molecule has 0 spiro atoms. The Morgan fingerprint density at radius 3 is 2.50 bits per heavy atom. The topological polar surface area (TPSA) is 32.3 Å². The summed E-state index contributed by atoms with van der Waals surface area (Å²) >= 11 is 1.59. The van der Waals surface area contributed by atoms with Gasteiger partial charge in [0.2, 0.25) is 0 Å². The predicted octanol–water partition coefficient (Wildman–Crippen LogP) is 3.33. The highest BCUT2D eigenvalue weighted by Crippen LogP contribution is 2.30. The van der Waals surface area contributed by atoms with Crippen molar-refractivity contribution in [3.05, 3.63) is 48.2 Å². The molecule has 0 amide bonds. The van der Waals surface area contributed by atoms with Crippen molar-refractivity contribution in [3.8, 4) is 0 Å². The number of fused-ring (bicyclic) bond motifs is 1. The zero-order valence-electron chi connectivity index (χ0n) is 12.6. The molecule has 4 rings (SSSR count). The van der Waals surface area contributed by atoms with Crippen LogP contribution in [0.25, 0.3) is 10.1 Å². The molecule has 4 nitrogen and oxygen atoms in total. The van der Waals surface area contributed by atoms with Crippen LogP contribution in [0.3, 0.4) is 0 Å². The molecule has 1 aromatic carbocycles. The zero-order valence-corrected chi connectivity index (χ0v) is 13.4. The van der Waals surface area contributed by atoms with Crippen molar-refractivity contribution >= 4 is 33.3 Å². The van der Waals surface area contributed by atoms with Gasteiger partial charge in [-0.15, -0.1) is 0 Å². The van der Waals surface area contributed by atoms with Crippen LogP contribution in [0, 0.1) is 6.92 Å². The number of anilines is 2. The Morgan fingerprint density at radius 1 is 0.909 bits per heavy atom. The lowest BCUT2D eigenvalue weighted by Crippen LogP contribution is -2.47. The van der Waals surface area contributed by atoms with Crippen molar-refractivity contribution in [2.24, 2.45) is 0 Å². The minimum atomic E-state index is 0.988. The monoisotopic (exact) mass is 310 g/mol. The van der Waals surface area contributed by atoms with E-state index < -0.39 is 0 Å². The summed E-state index contributed by atoms with van der Waals surface area (Å²) < 4.78 is 5.93. The summed E-state index contributed by atoms with van der Waals surface area (Å²) in [5.41, 5.74) is 1.07. The van der Waals surface area contributed by atoms with Gasteiger partial charge in [0, 0.05) is 37.3 Å². The largest absolute Gasteiger partial charge is 0.353 e. The van der Waals surface area contributed by atoms with E-state index in [1.165, 1.54) is 10.1 Å². The maximum atomic E-state index is 4.66. The maximum Gasteiger partial charge on any atom is 0.150 e. The zero-order chi connectivity index (χ0) is 14.9. The minimum absolute atomic E-state index is 0.988. The van der Waals surface area contributed by atoms with Gasteiger partial charge in [0.25, 0.3) is 0 Å². The molecule has 2 aromatic heterocycles. The Bertz CT molecular complexity index is 790. The van der Waals surface area contributed by atoms with Gasteiger partial charge in [0.05, 0.1) is 4.70 Å². The summed E-state index contributed by atoms with van der Waals surface area (Å²) in [6.07, 6.45) is 0. The van der Waals surface area contributed by atoms with E-state index in [-0.39, 0.29) is 0 Å². The Balaban J connectivity index is 1.52. The average molecular weight is 310 g/mol. The number of aryl methyl sites for hydroxylation is 1.